The van der Waals surface area contributed by atoms with E-state index in [4.69, 9.17) is 11.5 Å². The summed E-state index contributed by atoms with van der Waals surface area (Å²) in [4.78, 5) is 185. The van der Waals surface area contributed by atoms with Gasteiger partial charge >= 0.3 is 23.9 Å². The van der Waals surface area contributed by atoms with Gasteiger partial charge in [0.15, 0.2) is 0 Å². The number of amides is 10. The molecule has 2 rings (SSSR count). The monoisotopic (exact) mass is 1160 g/mol. The summed E-state index contributed by atoms with van der Waals surface area (Å²) in [7, 11) is 0. The van der Waals surface area contributed by atoms with Crippen LogP contribution < -0.4 is 59.3 Å². The van der Waals surface area contributed by atoms with E-state index in [1.165, 1.54) is 20.0 Å². The number of carboxylic acids is 4. The number of nitrogens with two attached hydrogens (primary N) is 2. The molecular formula is C52H78N12O18. The third-order valence-electron chi connectivity index (χ3n) is 13.4. The summed E-state index contributed by atoms with van der Waals surface area (Å²) in [6, 6.07) is -7.62. The van der Waals surface area contributed by atoms with Gasteiger partial charge in [0.1, 0.15) is 48.3 Å². The van der Waals surface area contributed by atoms with Crippen LogP contribution in [0.25, 0.3) is 10.9 Å². The molecule has 30 heteroatoms. The molecule has 18 N–H and O–H groups in total. The van der Waals surface area contributed by atoms with Crippen LogP contribution in [0, 0.1) is 23.7 Å². The van der Waals surface area contributed by atoms with Crippen molar-refractivity contribution in [3.05, 3.63) is 36.0 Å². The molecule has 11 atom stereocenters. The van der Waals surface area contributed by atoms with Crippen LogP contribution in [-0.2, 0) is 73.5 Å². The second kappa shape index (κ2) is 33.1. The van der Waals surface area contributed by atoms with Crippen LogP contribution in [0.4, 0.5) is 0 Å². The Morgan fingerprint density at radius 1 is 0.512 bits per heavy atom. The fourth-order valence-corrected chi connectivity index (χ4v) is 8.01. The second-order valence-corrected chi connectivity index (χ2v) is 20.5. The number of carbonyl (C=O) groups is 14. The maximum atomic E-state index is 14.1. The Hall–Kier alpha value is -8.70. The number of fused-ring (bicyclic) bond motifs is 1. The highest BCUT2D eigenvalue weighted by atomic mass is 16.4. The Bertz CT molecular complexity index is 2660. The first kappa shape index (κ1) is 69.4. The lowest BCUT2D eigenvalue weighted by atomic mass is 9.97. The first-order valence-corrected chi connectivity index (χ1v) is 26.5. The quantitative estimate of drug-likeness (QED) is 0.0328. The predicted molar refractivity (Wildman–Crippen MR) is 290 cm³/mol. The number of aromatic amines is 1. The summed E-state index contributed by atoms with van der Waals surface area (Å²) in [5, 5.41) is 60.0. The summed E-state index contributed by atoms with van der Waals surface area (Å²) in [6.45, 7) is 11.9. The largest absolute Gasteiger partial charge is 0.481 e. The zero-order valence-electron chi connectivity index (χ0n) is 46.9. The smallest absolute Gasteiger partial charge is 0.326 e. The lowest BCUT2D eigenvalue weighted by Crippen LogP contribution is -2.61. The van der Waals surface area contributed by atoms with Crippen LogP contribution in [0.1, 0.15) is 106 Å². The summed E-state index contributed by atoms with van der Waals surface area (Å²) in [6.07, 6.45) is -2.26. The van der Waals surface area contributed by atoms with Gasteiger partial charge in [0, 0.05) is 29.9 Å². The van der Waals surface area contributed by atoms with Crippen molar-refractivity contribution < 1.29 is 87.5 Å². The van der Waals surface area contributed by atoms with Gasteiger partial charge in [-0.1, -0.05) is 86.4 Å². The Morgan fingerprint density at radius 3 is 1.46 bits per heavy atom. The first-order valence-electron chi connectivity index (χ1n) is 26.5. The first-order chi connectivity index (χ1) is 38.3. The van der Waals surface area contributed by atoms with Gasteiger partial charge in [0.2, 0.25) is 59.1 Å². The van der Waals surface area contributed by atoms with Gasteiger partial charge in [0.25, 0.3) is 0 Å². The minimum Gasteiger partial charge on any atom is -0.481 e. The van der Waals surface area contributed by atoms with Crippen LogP contribution in [0.5, 0.6) is 0 Å². The Labute approximate surface area is 471 Å². The predicted octanol–water partition coefficient (Wildman–Crippen LogP) is -2.79. The van der Waals surface area contributed by atoms with Crippen LogP contribution >= 0.6 is 0 Å². The number of aliphatic carboxylic acids is 4. The lowest BCUT2D eigenvalue weighted by Gasteiger charge is -2.29. The van der Waals surface area contributed by atoms with E-state index < -0.39 is 194 Å². The number of benzene rings is 1. The number of nitrogens with one attached hydrogen (secondary N) is 10. The van der Waals surface area contributed by atoms with Gasteiger partial charge in [-0.2, -0.15) is 0 Å². The Kier molecular flexibility index (Phi) is 28.1. The van der Waals surface area contributed by atoms with Crippen LogP contribution in [0.15, 0.2) is 30.5 Å². The average Bonchev–Trinajstić information content (AvgIpc) is 3.99. The molecule has 2 aromatic rings. The number of hydrogen-bond donors (Lipinski definition) is 16. The van der Waals surface area contributed by atoms with Crippen LogP contribution in [0.3, 0.4) is 0 Å². The molecule has 1 aromatic carbocycles. The maximum Gasteiger partial charge on any atom is 0.326 e. The van der Waals surface area contributed by atoms with Crippen molar-refractivity contribution in [2.24, 2.45) is 35.1 Å². The minimum atomic E-state index is -1.98. The van der Waals surface area contributed by atoms with E-state index >= 15 is 0 Å². The van der Waals surface area contributed by atoms with Crippen molar-refractivity contribution in [1.29, 1.82) is 0 Å². The van der Waals surface area contributed by atoms with Gasteiger partial charge in [-0.15, -0.1) is 0 Å². The summed E-state index contributed by atoms with van der Waals surface area (Å²) < 4.78 is 0. The number of H-pyrrole nitrogens is 1. The molecule has 0 saturated carbocycles. The van der Waals surface area contributed by atoms with Crippen molar-refractivity contribution in [1.82, 2.24) is 52.8 Å². The topological polar surface area (TPSA) is 496 Å². The average molecular weight is 1160 g/mol. The second-order valence-electron chi connectivity index (χ2n) is 20.5. The SMILES string of the molecule is CC[C@H](C)[C@H](NC(=O)CNC(=O)[C@@H](NC(=O)[C@H](CC(=O)O)NC(=O)[C@@H](N)C(C)C)[C@@H](C)CC)C(=O)N[C@@H](CCC(N)=O)C(=O)N[C@H](C(=O)N[C@@H](CC(=O)O)C(=O)N[C@@H](Cc1c[nH]c2ccccc12)C(=O)N[C@@H](CC(=O)O)C(=O)O)C(C)C. The molecule has 0 aliphatic rings. The number of hydrogen-bond acceptors (Lipinski definition) is 15. The molecule has 1 aromatic heterocycles. The Morgan fingerprint density at radius 2 is 0.951 bits per heavy atom. The molecule has 0 bridgehead atoms. The van der Waals surface area contributed by atoms with E-state index in [0.717, 1.165) is 0 Å². The van der Waals surface area contributed by atoms with Crippen molar-refractivity contribution in [2.75, 3.05) is 6.54 Å². The number of rotatable bonds is 36. The fourth-order valence-electron chi connectivity index (χ4n) is 8.01. The van der Waals surface area contributed by atoms with Gasteiger partial charge < -0.3 is 84.7 Å². The highest BCUT2D eigenvalue weighted by Gasteiger charge is 2.38. The highest BCUT2D eigenvalue weighted by Crippen LogP contribution is 2.20. The van der Waals surface area contributed by atoms with Crippen molar-refractivity contribution in [3.8, 4) is 0 Å². The highest BCUT2D eigenvalue weighted by molar-refractivity contribution is 6.00. The number of aromatic nitrogens is 1. The summed E-state index contributed by atoms with van der Waals surface area (Å²) in [5.74, 6) is -19.0. The van der Waals surface area contributed by atoms with Crippen molar-refractivity contribution in [3.63, 3.8) is 0 Å². The molecule has 0 radical (unpaired) electrons. The molecule has 0 fully saturated rings. The molecule has 30 nitrogen and oxygen atoms in total. The van der Waals surface area contributed by atoms with E-state index in [1.54, 1.807) is 65.8 Å². The zero-order valence-corrected chi connectivity index (χ0v) is 46.9. The van der Waals surface area contributed by atoms with Gasteiger partial charge in [-0.05, 0) is 41.7 Å². The summed E-state index contributed by atoms with van der Waals surface area (Å²) in [5.41, 5.74) is 12.3. The maximum absolute atomic E-state index is 14.1. The number of primary amides is 1. The normalized spacial score (nSPS) is 15.2. The van der Waals surface area contributed by atoms with E-state index in [9.17, 15) is 87.5 Å². The molecule has 0 aliphatic heterocycles. The molecule has 1 heterocycles. The van der Waals surface area contributed by atoms with E-state index in [1.807, 2.05) is 0 Å². The van der Waals surface area contributed by atoms with Crippen molar-refractivity contribution in [2.45, 2.75) is 161 Å². The van der Waals surface area contributed by atoms with Crippen molar-refractivity contribution >= 4 is 93.9 Å². The molecule has 0 unspecified atom stereocenters. The van der Waals surface area contributed by atoms with Gasteiger partial charge in [-0.25, -0.2) is 4.79 Å². The molecule has 0 saturated heterocycles. The van der Waals surface area contributed by atoms with Crippen LogP contribution in [-0.4, -0.2) is 169 Å². The molecule has 82 heavy (non-hydrogen) atoms. The third kappa shape index (κ3) is 22.4. The third-order valence-corrected chi connectivity index (χ3v) is 13.4. The standard InChI is InChI=1S/C52H78N12O18/c1-9-25(7)42(64-47(76)33(19-38(69)70)59-48(77)40(54)23(3)4)49(78)56-22-36(66)62-43(26(8)10-2)51(80)57-30(15-16-35(53)65)44(73)63-41(24(5)6)50(79)60-32(18-37(67)68)46(75)58-31(45(74)61-34(52(81)82)20-39(71)72)17-27-21-55-29-14-12-11-13-28(27)29/h11-14,21,23-26,30-34,40-43,55H,9-10,15-20,22,54H2,1-8H3,(H2,53,65)(H,56,78)(H,57,80)(H,58,75)(H,59,77)(H,60,79)(H,61,74)(H,62,66)(H,63,73)(H,64,76)(H,67,68)(H,69,70)(H,71,72)(H,81,82)/t25-,26-,30-,31-,32-,33-,34-,40-,41-,42-,43-/m0/s1. The van der Waals surface area contributed by atoms with E-state index in [2.05, 4.69) is 52.8 Å². The fraction of sp³-hybridized carbons (Fsp3) is 0.577. The molecule has 0 aliphatic carbocycles. The number of carbonyl (C=O) groups excluding carboxylic acids is 10. The number of para-hydroxylation sites is 1. The molecular weight excluding hydrogens is 1080 g/mol. The lowest BCUT2D eigenvalue weighted by molar-refractivity contribution is -0.147. The molecule has 454 valence electrons. The zero-order chi connectivity index (χ0) is 62.3. The minimum absolute atomic E-state index is 0.254. The van der Waals surface area contributed by atoms with Gasteiger partial charge in [-0.3, -0.25) is 62.3 Å². The Balaban J connectivity index is 2.37. The summed E-state index contributed by atoms with van der Waals surface area (Å²) >= 11 is 0. The molecule has 0 spiro atoms. The van der Waals surface area contributed by atoms with E-state index in [-0.39, 0.29) is 18.8 Å². The van der Waals surface area contributed by atoms with Crippen LogP contribution in [0.2, 0.25) is 0 Å². The molecule has 10 amide bonds. The van der Waals surface area contributed by atoms with Gasteiger partial charge in [0.05, 0.1) is 31.8 Å². The van der Waals surface area contributed by atoms with E-state index in [0.29, 0.717) is 22.9 Å². The number of carboxylic acid groups (broad SMARTS) is 4.